The molecule has 1 aliphatic heterocycles. The third-order valence-electron chi connectivity index (χ3n) is 3.69. The van der Waals surface area contributed by atoms with Crippen LogP contribution in [-0.2, 0) is 6.54 Å². The minimum absolute atomic E-state index is 0.128. The van der Waals surface area contributed by atoms with Crippen LogP contribution in [0.2, 0.25) is 0 Å². The second kappa shape index (κ2) is 7.04. The van der Waals surface area contributed by atoms with Gasteiger partial charge in [-0.1, -0.05) is 13.0 Å². The Balaban J connectivity index is 1.98. The molecule has 0 aromatic carbocycles. The summed E-state index contributed by atoms with van der Waals surface area (Å²) >= 11 is 3.36. The van der Waals surface area contributed by atoms with Crippen LogP contribution in [0.5, 0.6) is 0 Å². The van der Waals surface area contributed by atoms with Crippen molar-refractivity contribution in [1.82, 2.24) is 14.7 Å². The molecule has 0 bridgehead atoms. The van der Waals surface area contributed by atoms with Gasteiger partial charge in [0.2, 0.25) is 0 Å². The maximum Gasteiger partial charge on any atom is 0.283 e. The lowest BCUT2D eigenvalue weighted by Crippen LogP contribution is -2.26. The molecule has 1 aromatic heterocycles. The molecule has 1 atom stereocenters. The molecule has 2 rings (SSSR count). The summed E-state index contributed by atoms with van der Waals surface area (Å²) in [5.74, 6) is 0.637. The van der Waals surface area contributed by atoms with E-state index in [9.17, 15) is 4.79 Å². The van der Waals surface area contributed by atoms with Gasteiger partial charge in [-0.25, -0.2) is 4.68 Å². The van der Waals surface area contributed by atoms with Crippen LogP contribution in [0.15, 0.2) is 28.1 Å². The number of aromatic nitrogens is 2. The van der Waals surface area contributed by atoms with Gasteiger partial charge >= 0.3 is 0 Å². The van der Waals surface area contributed by atoms with Crippen molar-refractivity contribution in [2.75, 3.05) is 31.5 Å². The molecule has 0 saturated carbocycles. The highest BCUT2D eigenvalue weighted by Gasteiger charge is 2.21. The van der Waals surface area contributed by atoms with Crippen LogP contribution in [0, 0.1) is 5.92 Å². The van der Waals surface area contributed by atoms with E-state index in [4.69, 9.17) is 0 Å². The molecule has 1 fully saturated rings. The lowest BCUT2D eigenvalue weighted by molar-refractivity contribution is 0.345. The van der Waals surface area contributed by atoms with Crippen LogP contribution >= 0.6 is 15.9 Å². The molecule has 1 unspecified atom stereocenters. The zero-order valence-electron chi connectivity index (χ0n) is 11.8. The summed E-state index contributed by atoms with van der Waals surface area (Å²) in [4.78, 5) is 14.5. The first-order chi connectivity index (χ1) is 9.65. The van der Waals surface area contributed by atoms with E-state index in [-0.39, 0.29) is 5.56 Å². The fourth-order valence-electron chi connectivity index (χ4n) is 2.46. The highest BCUT2D eigenvalue weighted by atomic mass is 79.9. The second-order valence-corrected chi connectivity index (χ2v) is 5.87. The molecular weight excluding hydrogens is 320 g/mol. The normalized spacial score (nSPS) is 19.2. The summed E-state index contributed by atoms with van der Waals surface area (Å²) in [5, 5.41) is 7.47. The minimum atomic E-state index is -0.128. The van der Waals surface area contributed by atoms with Crippen molar-refractivity contribution in [1.29, 1.82) is 0 Å². The molecule has 1 aliphatic rings. The molecule has 20 heavy (non-hydrogen) atoms. The lowest BCUT2D eigenvalue weighted by atomic mass is 10.1. The summed E-state index contributed by atoms with van der Waals surface area (Å²) in [6, 6.07) is 0. The van der Waals surface area contributed by atoms with Gasteiger partial charge in [0, 0.05) is 13.1 Å². The average molecular weight is 341 g/mol. The second-order valence-electron chi connectivity index (χ2n) is 5.08. The Bertz CT molecular complexity index is 528. The summed E-state index contributed by atoms with van der Waals surface area (Å²) in [5.41, 5.74) is 0.641. The average Bonchev–Trinajstić information content (AvgIpc) is 2.91. The standard InChI is InChI=1S/C14H21BrN4O/c1-3-6-19-14(20)13(15)12(9-17-19)16-8-11-5-7-18(4-2)10-11/h3,9,11,16H,1,4-8,10H2,2H3. The largest absolute Gasteiger partial charge is 0.382 e. The molecule has 0 radical (unpaired) electrons. The third-order valence-corrected chi connectivity index (χ3v) is 4.45. The number of anilines is 1. The third kappa shape index (κ3) is 3.49. The number of rotatable bonds is 6. The molecule has 0 amide bonds. The first-order valence-corrected chi connectivity index (χ1v) is 7.77. The van der Waals surface area contributed by atoms with E-state index >= 15 is 0 Å². The number of nitrogens with zero attached hydrogens (tertiary/aromatic N) is 3. The number of hydrogen-bond donors (Lipinski definition) is 1. The number of nitrogens with one attached hydrogen (secondary N) is 1. The monoisotopic (exact) mass is 340 g/mol. The number of likely N-dealkylation sites (tertiary alicyclic amines) is 1. The Morgan fingerprint density at radius 3 is 3.10 bits per heavy atom. The fourth-order valence-corrected chi connectivity index (χ4v) is 2.91. The number of allylic oxidation sites excluding steroid dienone is 1. The van der Waals surface area contributed by atoms with E-state index in [0.29, 0.717) is 16.9 Å². The highest BCUT2D eigenvalue weighted by molar-refractivity contribution is 9.10. The molecule has 6 heteroatoms. The minimum Gasteiger partial charge on any atom is -0.382 e. The lowest BCUT2D eigenvalue weighted by Gasteiger charge is -2.15. The van der Waals surface area contributed by atoms with Crippen LogP contribution in [0.1, 0.15) is 13.3 Å². The van der Waals surface area contributed by atoms with Crippen molar-refractivity contribution in [3.63, 3.8) is 0 Å². The van der Waals surface area contributed by atoms with Gasteiger partial charge in [0.25, 0.3) is 5.56 Å². The van der Waals surface area contributed by atoms with Crippen LogP contribution in [0.3, 0.4) is 0 Å². The Labute approximate surface area is 127 Å². The van der Waals surface area contributed by atoms with Crippen molar-refractivity contribution in [2.45, 2.75) is 19.9 Å². The van der Waals surface area contributed by atoms with Gasteiger partial charge in [0.15, 0.2) is 0 Å². The van der Waals surface area contributed by atoms with Crippen LogP contribution in [-0.4, -0.2) is 40.9 Å². The molecule has 1 aromatic rings. The Hall–Kier alpha value is -1.14. The molecule has 5 nitrogen and oxygen atoms in total. The predicted molar refractivity (Wildman–Crippen MR) is 85.1 cm³/mol. The van der Waals surface area contributed by atoms with Crippen LogP contribution in [0.25, 0.3) is 0 Å². The number of halogens is 1. The Morgan fingerprint density at radius 1 is 1.65 bits per heavy atom. The summed E-state index contributed by atoms with van der Waals surface area (Å²) in [7, 11) is 0. The van der Waals surface area contributed by atoms with Gasteiger partial charge in [0.05, 0.1) is 18.4 Å². The van der Waals surface area contributed by atoms with E-state index in [1.54, 1.807) is 12.3 Å². The molecular formula is C14H21BrN4O. The molecule has 0 aliphatic carbocycles. The summed E-state index contributed by atoms with van der Waals surface area (Å²) in [6.45, 7) is 10.5. The van der Waals surface area contributed by atoms with Crippen LogP contribution < -0.4 is 10.9 Å². The summed E-state index contributed by atoms with van der Waals surface area (Å²) in [6.07, 6.45) is 4.56. The van der Waals surface area contributed by atoms with E-state index in [1.807, 2.05) is 0 Å². The molecule has 2 heterocycles. The topological polar surface area (TPSA) is 50.2 Å². The van der Waals surface area contributed by atoms with Crippen molar-refractivity contribution in [3.8, 4) is 0 Å². The quantitative estimate of drug-likeness (QED) is 0.804. The zero-order chi connectivity index (χ0) is 14.5. The maximum absolute atomic E-state index is 12.0. The van der Waals surface area contributed by atoms with E-state index in [0.717, 1.165) is 25.3 Å². The van der Waals surface area contributed by atoms with Gasteiger partial charge in [-0.2, -0.15) is 5.10 Å². The van der Waals surface area contributed by atoms with Gasteiger partial charge in [0.1, 0.15) is 4.47 Å². The van der Waals surface area contributed by atoms with Gasteiger partial charge in [-0.3, -0.25) is 4.79 Å². The van der Waals surface area contributed by atoms with Gasteiger partial charge in [-0.05, 0) is 41.4 Å². The fraction of sp³-hybridized carbons (Fsp3) is 0.571. The van der Waals surface area contributed by atoms with E-state index < -0.39 is 0 Å². The number of hydrogen-bond acceptors (Lipinski definition) is 4. The molecule has 1 saturated heterocycles. The first kappa shape index (κ1) is 15.3. The van der Waals surface area contributed by atoms with Gasteiger partial charge in [-0.15, -0.1) is 6.58 Å². The zero-order valence-corrected chi connectivity index (χ0v) is 13.4. The summed E-state index contributed by atoms with van der Waals surface area (Å²) < 4.78 is 1.93. The SMILES string of the molecule is C=CCn1ncc(NCC2CCN(CC)C2)c(Br)c1=O. The Morgan fingerprint density at radius 2 is 2.45 bits per heavy atom. The smallest absolute Gasteiger partial charge is 0.283 e. The van der Waals surface area contributed by atoms with Crippen molar-refractivity contribution < 1.29 is 0 Å². The molecule has 0 spiro atoms. The van der Waals surface area contributed by atoms with Crippen LogP contribution in [0.4, 0.5) is 5.69 Å². The first-order valence-electron chi connectivity index (χ1n) is 6.98. The Kier molecular flexibility index (Phi) is 5.37. The highest BCUT2D eigenvalue weighted by Crippen LogP contribution is 2.20. The molecule has 110 valence electrons. The van der Waals surface area contributed by atoms with E-state index in [1.165, 1.54) is 17.6 Å². The van der Waals surface area contributed by atoms with Crippen molar-refractivity contribution in [3.05, 3.63) is 33.7 Å². The predicted octanol–water partition coefficient (Wildman–Crippen LogP) is 1.95. The van der Waals surface area contributed by atoms with E-state index in [2.05, 4.69) is 44.7 Å². The maximum atomic E-state index is 12.0. The molecule has 1 N–H and O–H groups in total. The van der Waals surface area contributed by atoms with Crippen molar-refractivity contribution >= 4 is 21.6 Å². The van der Waals surface area contributed by atoms with Gasteiger partial charge < -0.3 is 10.2 Å². The van der Waals surface area contributed by atoms with Crippen molar-refractivity contribution in [2.24, 2.45) is 5.92 Å².